The largest absolute Gasteiger partial charge is 0.506 e. The fourth-order valence-electron chi connectivity index (χ4n) is 6.57. The normalized spacial score (nSPS) is 13.1. The summed E-state index contributed by atoms with van der Waals surface area (Å²) in [5, 5.41) is 20.1. The lowest BCUT2D eigenvalue weighted by molar-refractivity contribution is 0.0977. The van der Waals surface area contributed by atoms with E-state index in [-0.39, 0.29) is 23.5 Å². The second-order valence-electron chi connectivity index (χ2n) is 13.0. The van der Waals surface area contributed by atoms with E-state index in [0.29, 0.717) is 53.4 Å². The Hall–Kier alpha value is -6.25. The number of primary amides is 1. The SMILES string of the molecule is CCn1nc(C)cc1C(=O)/N=c1\n(C)c2ccccc2n1C/C(C)=C(\C)Cn1/c(=N/C(=O)c2cc(C)nn2CC)n(C)c2cc(C(N)=O)cc(O)c21. The van der Waals surface area contributed by atoms with Crippen LogP contribution in [0.15, 0.2) is 69.7 Å². The van der Waals surface area contributed by atoms with Crippen LogP contribution in [0.4, 0.5) is 0 Å². The van der Waals surface area contributed by atoms with Crippen LogP contribution in [-0.2, 0) is 40.3 Å². The lowest BCUT2D eigenvalue weighted by Crippen LogP contribution is -2.28. The number of imidazole rings is 2. The standard InChI is InChI=1S/C37H43N11O4/c1-9-47-29(15-23(5)41-47)34(51)39-36-43(7)26-13-11-12-14-27(26)45(36)19-21(3)22(4)20-46-32-28(17-25(33(38)50)18-31(32)49)44(8)37(46)40-35(52)30-16-24(6)42-48(30)10-2/h11-18,49H,9-10,19-20H2,1-8H3,(H2,38,50)/b22-21+,39-36+,40-37+. The van der Waals surface area contributed by atoms with Gasteiger partial charge in [0, 0.05) is 45.8 Å². The Morgan fingerprint density at radius 2 is 1.21 bits per heavy atom. The van der Waals surface area contributed by atoms with E-state index < -0.39 is 17.7 Å². The third-order valence-corrected chi connectivity index (χ3v) is 9.37. The van der Waals surface area contributed by atoms with Crippen LogP contribution in [0.25, 0.3) is 22.1 Å². The maximum atomic E-state index is 13.7. The van der Waals surface area contributed by atoms with Gasteiger partial charge in [-0.1, -0.05) is 23.3 Å². The molecular formula is C37H43N11O4. The summed E-state index contributed by atoms with van der Waals surface area (Å²) < 4.78 is 10.6. The number of benzene rings is 2. The zero-order valence-electron chi connectivity index (χ0n) is 30.7. The van der Waals surface area contributed by atoms with Gasteiger partial charge in [0.25, 0.3) is 11.8 Å². The monoisotopic (exact) mass is 705 g/mol. The summed E-state index contributed by atoms with van der Waals surface area (Å²) in [6.07, 6.45) is 0. The van der Waals surface area contributed by atoms with Crippen molar-refractivity contribution in [1.82, 2.24) is 37.8 Å². The van der Waals surface area contributed by atoms with Gasteiger partial charge in [-0.05, 0) is 77.9 Å². The van der Waals surface area contributed by atoms with Gasteiger partial charge >= 0.3 is 0 Å². The third kappa shape index (κ3) is 6.29. The zero-order chi connectivity index (χ0) is 37.6. The number of hydrogen-bond donors (Lipinski definition) is 2. The van der Waals surface area contributed by atoms with Crippen molar-refractivity contribution in [2.24, 2.45) is 29.8 Å². The first kappa shape index (κ1) is 35.6. The molecule has 0 spiro atoms. The highest BCUT2D eigenvalue weighted by Gasteiger charge is 2.21. The van der Waals surface area contributed by atoms with Crippen molar-refractivity contribution in [2.75, 3.05) is 0 Å². The minimum Gasteiger partial charge on any atom is -0.506 e. The number of nitrogens with two attached hydrogens (primary N) is 1. The molecule has 2 aromatic carbocycles. The van der Waals surface area contributed by atoms with E-state index >= 15 is 0 Å². The van der Waals surface area contributed by atoms with Crippen LogP contribution < -0.4 is 17.0 Å². The minimum absolute atomic E-state index is 0.120. The molecule has 3 N–H and O–H groups in total. The van der Waals surface area contributed by atoms with Gasteiger partial charge in [-0.2, -0.15) is 20.2 Å². The molecule has 0 bridgehead atoms. The maximum Gasteiger partial charge on any atom is 0.298 e. The summed E-state index contributed by atoms with van der Waals surface area (Å²) in [6, 6.07) is 14.2. The highest BCUT2D eigenvalue weighted by molar-refractivity contribution is 5.98. The fraction of sp³-hybridized carbons (Fsp3) is 0.324. The lowest BCUT2D eigenvalue weighted by atomic mass is 10.1. The van der Waals surface area contributed by atoms with Crippen molar-refractivity contribution in [3.63, 3.8) is 0 Å². The first-order valence-corrected chi connectivity index (χ1v) is 17.0. The molecule has 4 aromatic heterocycles. The van der Waals surface area contributed by atoms with Gasteiger partial charge in [-0.15, -0.1) is 0 Å². The number of aromatic nitrogens is 8. The molecule has 270 valence electrons. The van der Waals surface area contributed by atoms with E-state index in [1.54, 1.807) is 43.7 Å². The summed E-state index contributed by atoms with van der Waals surface area (Å²) in [5.74, 6) is -1.78. The Kier molecular flexibility index (Phi) is 9.45. The predicted molar refractivity (Wildman–Crippen MR) is 195 cm³/mol. The molecule has 0 aliphatic heterocycles. The number of phenolic OH excluding ortho intramolecular Hbond substituents is 1. The van der Waals surface area contributed by atoms with Gasteiger partial charge in [0.1, 0.15) is 22.7 Å². The molecule has 0 atom stereocenters. The lowest BCUT2D eigenvalue weighted by Gasteiger charge is -2.13. The predicted octanol–water partition coefficient (Wildman–Crippen LogP) is 3.65. The molecular weight excluding hydrogens is 662 g/mol. The zero-order valence-corrected chi connectivity index (χ0v) is 30.7. The first-order valence-electron chi connectivity index (χ1n) is 17.0. The van der Waals surface area contributed by atoms with Gasteiger partial charge in [-0.25, -0.2) is 0 Å². The van der Waals surface area contributed by atoms with Crippen molar-refractivity contribution in [2.45, 2.75) is 67.7 Å². The molecule has 15 nitrogen and oxygen atoms in total. The van der Waals surface area contributed by atoms with E-state index in [4.69, 9.17) is 5.73 Å². The molecule has 15 heteroatoms. The minimum atomic E-state index is -0.699. The van der Waals surface area contributed by atoms with Gasteiger partial charge in [0.2, 0.25) is 17.1 Å². The van der Waals surface area contributed by atoms with Crippen LogP contribution in [0.2, 0.25) is 0 Å². The van der Waals surface area contributed by atoms with Crippen molar-refractivity contribution in [1.29, 1.82) is 0 Å². The second-order valence-corrected chi connectivity index (χ2v) is 13.0. The van der Waals surface area contributed by atoms with Gasteiger partial charge in [0.05, 0.1) is 27.9 Å². The summed E-state index contributed by atoms with van der Waals surface area (Å²) in [7, 11) is 3.59. The molecule has 3 amide bonds. The number of carbonyl (C=O) groups is 3. The molecule has 0 saturated carbocycles. The summed E-state index contributed by atoms with van der Waals surface area (Å²) in [5.41, 5.74) is 13.1. The van der Waals surface area contributed by atoms with E-state index in [1.807, 2.05) is 82.0 Å². The van der Waals surface area contributed by atoms with Gasteiger partial charge < -0.3 is 29.1 Å². The summed E-state index contributed by atoms with van der Waals surface area (Å²) in [4.78, 5) is 48.5. The summed E-state index contributed by atoms with van der Waals surface area (Å²) >= 11 is 0. The number of nitrogens with zero attached hydrogens (tertiary/aromatic N) is 10. The number of phenols is 1. The molecule has 0 radical (unpaired) electrons. The van der Waals surface area contributed by atoms with Gasteiger partial charge in [-0.3, -0.25) is 23.7 Å². The number of aromatic hydroxyl groups is 1. The van der Waals surface area contributed by atoms with E-state index in [0.717, 1.165) is 27.9 Å². The van der Waals surface area contributed by atoms with Crippen LogP contribution in [0.1, 0.15) is 70.4 Å². The highest BCUT2D eigenvalue weighted by Crippen LogP contribution is 2.27. The molecule has 52 heavy (non-hydrogen) atoms. The molecule has 0 aliphatic rings. The second kappa shape index (κ2) is 13.8. The van der Waals surface area contributed by atoms with E-state index in [9.17, 15) is 19.5 Å². The molecule has 0 aliphatic carbocycles. The number of rotatable bonds is 9. The number of aryl methyl sites for hydroxylation is 6. The molecule has 4 heterocycles. The number of carbonyl (C=O) groups excluding carboxylic acids is 3. The van der Waals surface area contributed by atoms with Crippen molar-refractivity contribution in [3.8, 4) is 5.75 Å². The fourth-order valence-corrected chi connectivity index (χ4v) is 6.57. The Morgan fingerprint density at radius 3 is 1.73 bits per heavy atom. The molecule has 0 unspecified atom stereocenters. The number of hydrogen-bond acceptors (Lipinski definition) is 6. The Balaban J connectivity index is 1.50. The quantitative estimate of drug-likeness (QED) is 0.217. The molecule has 0 saturated heterocycles. The smallest absolute Gasteiger partial charge is 0.298 e. The van der Waals surface area contributed by atoms with Crippen LogP contribution in [0.3, 0.4) is 0 Å². The maximum absolute atomic E-state index is 13.7. The number of allylic oxidation sites excluding steroid dienone is 2. The number of amides is 3. The van der Waals surface area contributed by atoms with Crippen LogP contribution in [0.5, 0.6) is 5.75 Å². The Labute approximate surface area is 299 Å². The van der Waals surface area contributed by atoms with Gasteiger partial charge in [0.15, 0.2) is 0 Å². The number of para-hydroxylation sites is 2. The molecule has 6 rings (SSSR count). The topological polar surface area (TPSA) is 178 Å². The average molecular weight is 706 g/mol. The molecule has 0 fully saturated rings. The van der Waals surface area contributed by atoms with E-state index in [1.165, 1.54) is 6.07 Å². The third-order valence-electron chi connectivity index (χ3n) is 9.37. The highest BCUT2D eigenvalue weighted by atomic mass is 16.3. The Bertz CT molecular complexity index is 2600. The number of fused-ring (bicyclic) bond motifs is 2. The van der Waals surface area contributed by atoms with Crippen LogP contribution in [0, 0.1) is 13.8 Å². The molecule has 6 aromatic rings. The van der Waals surface area contributed by atoms with Crippen molar-refractivity contribution >= 4 is 39.8 Å². The van der Waals surface area contributed by atoms with E-state index in [2.05, 4.69) is 20.2 Å². The van der Waals surface area contributed by atoms with Crippen molar-refractivity contribution < 1.29 is 19.5 Å². The Morgan fingerprint density at radius 1 is 0.731 bits per heavy atom. The summed E-state index contributed by atoms with van der Waals surface area (Å²) in [6.45, 7) is 13.1. The first-order chi connectivity index (χ1) is 24.7. The van der Waals surface area contributed by atoms with Crippen molar-refractivity contribution in [3.05, 3.63) is 99.3 Å². The average Bonchev–Trinajstić information content (AvgIpc) is 3.83. The van der Waals surface area contributed by atoms with Crippen LogP contribution in [-0.4, -0.2) is 60.7 Å². The van der Waals surface area contributed by atoms with Crippen LogP contribution >= 0.6 is 0 Å².